The summed E-state index contributed by atoms with van der Waals surface area (Å²) in [5.74, 6) is 1.14. The van der Waals surface area contributed by atoms with Gasteiger partial charge in [0.2, 0.25) is 0 Å². The van der Waals surface area contributed by atoms with Crippen LogP contribution in [0.1, 0.15) is 25.7 Å². The predicted molar refractivity (Wildman–Crippen MR) is 81.9 cm³/mol. The summed E-state index contributed by atoms with van der Waals surface area (Å²) in [4.78, 5) is 11.8. The number of benzene rings is 1. The van der Waals surface area contributed by atoms with Crippen molar-refractivity contribution in [3.63, 3.8) is 0 Å². The zero-order valence-corrected chi connectivity index (χ0v) is 12.3. The standard InChI is InChI=1S/C16H24N2O3/c17-14-6-3-7-15(8-14)21-11-16(20)18-9-12-4-1-2-5-13(12)10-19/h3,6-8,12-13,19H,1-2,4-5,9-11,17H2,(H,18,20). The maximum absolute atomic E-state index is 11.8. The molecule has 0 saturated heterocycles. The molecule has 0 aromatic heterocycles. The molecule has 1 fully saturated rings. The lowest BCUT2D eigenvalue weighted by molar-refractivity contribution is -0.123. The number of nitrogens with two attached hydrogens (primary N) is 1. The van der Waals surface area contributed by atoms with E-state index in [1.54, 1.807) is 24.3 Å². The Hall–Kier alpha value is -1.75. The first kappa shape index (κ1) is 15.6. The molecule has 0 heterocycles. The molecule has 1 aliphatic rings. The molecule has 5 nitrogen and oxygen atoms in total. The lowest BCUT2D eigenvalue weighted by Crippen LogP contribution is -2.37. The van der Waals surface area contributed by atoms with E-state index < -0.39 is 0 Å². The molecular weight excluding hydrogens is 268 g/mol. The first-order valence-corrected chi connectivity index (χ1v) is 7.55. The average Bonchev–Trinajstić information content (AvgIpc) is 2.51. The molecule has 0 radical (unpaired) electrons. The summed E-state index contributed by atoms with van der Waals surface area (Å²) in [6.07, 6.45) is 4.48. The zero-order valence-electron chi connectivity index (χ0n) is 12.3. The van der Waals surface area contributed by atoms with Crippen molar-refractivity contribution in [2.24, 2.45) is 11.8 Å². The zero-order chi connectivity index (χ0) is 15.1. The Morgan fingerprint density at radius 3 is 2.81 bits per heavy atom. The lowest BCUT2D eigenvalue weighted by Gasteiger charge is -2.30. The normalized spacial score (nSPS) is 21.8. The molecule has 2 unspecified atom stereocenters. The molecule has 1 aromatic carbocycles. The quantitative estimate of drug-likeness (QED) is 0.695. The van der Waals surface area contributed by atoms with E-state index in [9.17, 15) is 9.90 Å². The first-order valence-electron chi connectivity index (χ1n) is 7.55. The van der Waals surface area contributed by atoms with E-state index in [0.29, 0.717) is 29.8 Å². The van der Waals surface area contributed by atoms with Gasteiger partial charge in [-0.3, -0.25) is 4.79 Å². The number of carbonyl (C=O) groups is 1. The summed E-state index contributed by atoms with van der Waals surface area (Å²) in [6.45, 7) is 0.810. The van der Waals surface area contributed by atoms with Crippen LogP contribution >= 0.6 is 0 Å². The molecule has 0 bridgehead atoms. The van der Waals surface area contributed by atoms with Gasteiger partial charge in [0.05, 0.1) is 0 Å². The highest BCUT2D eigenvalue weighted by Gasteiger charge is 2.24. The molecule has 116 valence electrons. The monoisotopic (exact) mass is 292 g/mol. The van der Waals surface area contributed by atoms with Crippen LogP contribution in [0.5, 0.6) is 5.75 Å². The number of nitrogens with one attached hydrogen (secondary N) is 1. The van der Waals surface area contributed by atoms with Crippen LogP contribution in [0.25, 0.3) is 0 Å². The van der Waals surface area contributed by atoms with Gasteiger partial charge in [-0.25, -0.2) is 0 Å². The van der Waals surface area contributed by atoms with Gasteiger partial charge in [0.15, 0.2) is 6.61 Å². The van der Waals surface area contributed by atoms with Gasteiger partial charge in [0.25, 0.3) is 5.91 Å². The second-order valence-electron chi connectivity index (χ2n) is 5.65. The summed E-state index contributed by atoms with van der Waals surface area (Å²) in [7, 11) is 0. The van der Waals surface area contributed by atoms with Gasteiger partial charge >= 0.3 is 0 Å². The van der Waals surface area contributed by atoms with Crippen LogP contribution in [0.3, 0.4) is 0 Å². The smallest absolute Gasteiger partial charge is 0.257 e. The summed E-state index contributed by atoms with van der Waals surface area (Å²) >= 11 is 0. The summed E-state index contributed by atoms with van der Waals surface area (Å²) in [5, 5.41) is 12.3. The Balaban J connectivity index is 1.72. The largest absolute Gasteiger partial charge is 0.484 e. The van der Waals surface area contributed by atoms with Crippen molar-refractivity contribution in [2.45, 2.75) is 25.7 Å². The van der Waals surface area contributed by atoms with Crippen molar-refractivity contribution in [3.05, 3.63) is 24.3 Å². The minimum Gasteiger partial charge on any atom is -0.484 e. The van der Waals surface area contributed by atoms with Crippen LogP contribution in [0.4, 0.5) is 5.69 Å². The number of aliphatic hydroxyl groups is 1. The molecule has 2 rings (SSSR count). The Bertz CT molecular complexity index is 465. The molecule has 21 heavy (non-hydrogen) atoms. The fourth-order valence-electron chi connectivity index (χ4n) is 2.84. The fourth-order valence-corrected chi connectivity index (χ4v) is 2.84. The molecule has 1 amide bonds. The van der Waals surface area contributed by atoms with Crippen molar-refractivity contribution in [3.8, 4) is 5.75 Å². The molecule has 5 heteroatoms. The van der Waals surface area contributed by atoms with E-state index in [2.05, 4.69) is 5.32 Å². The van der Waals surface area contributed by atoms with Crippen LogP contribution in [0.15, 0.2) is 24.3 Å². The molecule has 0 aliphatic heterocycles. The third kappa shape index (κ3) is 4.93. The van der Waals surface area contributed by atoms with Crippen molar-refractivity contribution in [1.29, 1.82) is 0 Å². The molecule has 2 atom stereocenters. The third-order valence-corrected chi connectivity index (χ3v) is 4.09. The van der Waals surface area contributed by atoms with E-state index in [0.717, 1.165) is 12.8 Å². The molecule has 1 aromatic rings. The van der Waals surface area contributed by atoms with Crippen LogP contribution in [-0.4, -0.2) is 30.8 Å². The first-order chi connectivity index (χ1) is 10.2. The second kappa shape index (κ2) is 7.88. The molecule has 1 saturated carbocycles. The number of carbonyl (C=O) groups excluding carboxylic acids is 1. The van der Waals surface area contributed by atoms with Crippen LogP contribution in [0, 0.1) is 11.8 Å². The fraction of sp³-hybridized carbons (Fsp3) is 0.562. The Morgan fingerprint density at radius 1 is 1.33 bits per heavy atom. The number of ether oxygens (including phenoxy) is 1. The highest BCUT2D eigenvalue weighted by molar-refractivity contribution is 5.77. The summed E-state index contributed by atoms with van der Waals surface area (Å²) in [5.41, 5.74) is 6.26. The average molecular weight is 292 g/mol. The highest BCUT2D eigenvalue weighted by atomic mass is 16.5. The topological polar surface area (TPSA) is 84.6 Å². The van der Waals surface area contributed by atoms with E-state index in [1.165, 1.54) is 12.8 Å². The second-order valence-corrected chi connectivity index (χ2v) is 5.65. The lowest BCUT2D eigenvalue weighted by atomic mass is 9.79. The van der Waals surface area contributed by atoms with Gasteiger partial charge in [-0.05, 0) is 36.8 Å². The van der Waals surface area contributed by atoms with Gasteiger partial charge < -0.3 is 20.9 Å². The van der Waals surface area contributed by atoms with Gasteiger partial charge in [0.1, 0.15) is 5.75 Å². The molecule has 4 N–H and O–H groups in total. The third-order valence-electron chi connectivity index (χ3n) is 4.09. The maximum atomic E-state index is 11.8. The van der Waals surface area contributed by atoms with Crippen LogP contribution < -0.4 is 15.8 Å². The number of anilines is 1. The molecule has 0 spiro atoms. The molecule has 1 aliphatic carbocycles. The maximum Gasteiger partial charge on any atom is 0.257 e. The van der Waals surface area contributed by atoms with Crippen molar-refractivity contribution >= 4 is 11.6 Å². The Labute approximate surface area is 125 Å². The van der Waals surface area contributed by atoms with Gasteiger partial charge in [-0.1, -0.05) is 18.9 Å². The number of hydrogen-bond acceptors (Lipinski definition) is 4. The molecular formula is C16H24N2O3. The van der Waals surface area contributed by atoms with E-state index in [-0.39, 0.29) is 19.1 Å². The van der Waals surface area contributed by atoms with E-state index >= 15 is 0 Å². The van der Waals surface area contributed by atoms with E-state index in [4.69, 9.17) is 10.5 Å². The number of rotatable bonds is 6. The van der Waals surface area contributed by atoms with Crippen molar-refractivity contribution < 1.29 is 14.6 Å². The van der Waals surface area contributed by atoms with E-state index in [1.807, 2.05) is 0 Å². The Kier molecular flexibility index (Phi) is 5.87. The number of nitrogen functional groups attached to an aromatic ring is 1. The highest BCUT2D eigenvalue weighted by Crippen LogP contribution is 2.29. The predicted octanol–water partition coefficient (Wildman–Crippen LogP) is 1.56. The number of amides is 1. The van der Waals surface area contributed by atoms with Crippen LogP contribution in [-0.2, 0) is 4.79 Å². The minimum atomic E-state index is -0.139. The van der Waals surface area contributed by atoms with Crippen LogP contribution in [0.2, 0.25) is 0 Å². The van der Waals surface area contributed by atoms with Crippen molar-refractivity contribution in [2.75, 3.05) is 25.5 Å². The number of aliphatic hydroxyl groups excluding tert-OH is 1. The number of hydrogen-bond donors (Lipinski definition) is 3. The Morgan fingerprint density at radius 2 is 2.10 bits per heavy atom. The summed E-state index contributed by atoms with van der Waals surface area (Å²) < 4.78 is 5.40. The SMILES string of the molecule is Nc1cccc(OCC(=O)NCC2CCCCC2CO)c1. The minimum absolute atomic E-state index is 0.0139. The summed E-state index contributed by atoms with van der Waals surface area (Å²) in [6, 6.07) is 7.02. The van der Waals surface area contributed by atoms with Gasteiger partial charge in [-0.15, -0.1) is 0 Å². The van der Waals surface area contributed by atoms with Gasteiger partial charge in [-0.2, -0.15) is 0 Å². The van der Waals surface area contributed by atoms with Crippen molar-refractivity contribution in [1.82, 2.24) is 5.32 Å². The van der Waals surface area contributed by atoms with Gasteiger partial charge in [0, 0.05) is 24.9 Å².